The first-order valence-electron chi connectivity index (χ1n) is 11.7. The Morgan fingerprint density at radius 3 is 2.21 bits per heavy atom. The molecule has 3 aromatic rings. The molecule has 0 bridgehead atoms. The quantitative estimate of drug-likeness (QED) is 0.398. The minimum atomic E-state index is -4.27. The lowest BCUT2D eigenvalue weighted by Gasteiger charge is -2.32. The molecule has 38 heavy (non-hydrogen) atoms. The minimum absolute atomic E-state index is 0.0397. The number of amides is 2. The van der Waals surface area contributed by atoms with Gasteiger partial charge in [0.15, 0.2) is 0 Å². The van der Waals surface area contributed by atoms with Crippen LogP contribution in [0, 0.1) is 5.82 Å². The van der Waals surface area contributed by atoms with Crippen LogP contribution in [-0.2, 0) is 26.2 Å². The van der Waals surface area contributed by atoms with E-state index in [0.717, 1.165) is 4.31 Å². The molecule has 0 radical (unpaired) electrons. The number of carbonyl (C=O) groups excluding carboxylic acids is 2. The molecule has 11 heteroatoms. The van der Waals surface area contributed by atoms with E-state index < -0.39 is 40.2 Å². The SMILES string of the molecule is CNC(=O)[C@H](C)N(Cc1ccc(F)cc1)C(=O)CN(c1cc(OC)ccc1OC)S(=O)(=O)c1ccccc1. The van der Waals surface area contributed by atoms with E-state index >= 15 is 0 Å². The molecule has 3 rings (SSSR count). The molecule has 0 heterocycles. The van der Waals surface area contributed by atoms with Crippen molar-refractivity contribution in [3.8, 4) is 11.5 Å². The smallest absolute Gasteiger partial charge is 0.264 e. The average Bonchev–Trinajstić information content (AvgIpc) is 2.94. The molecule has 0 aromatic heterocycles. The van der Waals surface area contributed by atoms with Gasteiger partial charge in [0.2, 0.25) is 11.8 Å². The third-order valence-corrected chi connectivity index (χ3v) is 7.72. The topological polar surface area (TPSA) is 105 Å². The molecule has 0 spiro atoms. The minimum Gasteiger partial charge on any atom is -0.497 e. The van der Waals surface area contributed by atoms with Crippen LogP contribution in [0.2, 0.25) is 0 Å². The molecule has 0 aliphatic rings. The predicted molar refractivity (Wildman–Crippen MR) is 141 cm³/mol. The van der Waals surface area contributed by atoms with E-state index in [0.29, 0.717) is 11.3 Å². The van der Waals surface area contributed by atoms with Gasteiger partial charge in [-0.1, -0.05) is 30.3 Å². The summed E-state index contributed by atoms with van der Waals surface area (Å²) >= 11 is 0. The summed E-state index contributed by atoms with van der Waals surface area (Å²) in [5.41, 5.74) is 0.644. The largest absolute Gasteiger partial charge is 0.497 e. The molecule has 3 aromatic carbocycles. The van der Waals surface area contributed by atoms with Crippen molar-refractivity contribution >= 4 is 27.5 Å². The van der Waals surface area contributed by atoms with Crippen molar-refractivity contribution in [3.05, 3.63) is 84.2 Å². The summed E-state index contributed by atoms with van der Waals surface area (Å²) in [4.78, 5) is 27.5. The van der Waals surface area contributed by atoms with Gasteiger partial charge in [-0.05, 0) is 48.9 Å². The zero-order chi connectivity index (χ0) is 27.9. The van der Waals surface area contributed by atoms with Gasteiger partial charge in [0.25, 0.3) is 10.0 Å². The number of methoxy groups -OCH3 is 2. The number of anilines is 1. The lowest BCUT2D eigenvalue weighted by Crippen LogP contribution is -2.50. The number of sulfonamides is 1. The van der Waals surface area contributed by atoms with E-state index in [1.54, 1.807) is 24.3 Å². The van der Waals surface area contributed by atoms with Crippen molar-refractivity contribution in [1.29, 1.82) is 0 Å². The van der Waals surface area contributed by atoms with Crippen LogP contribution in [0.1, 0.15) is 12.5 Å². The molecule has 9 nitrogen and oxygen atoms in total. The molecular weight excluding hydrogens is 513 g/mol. The fraction of sp³-hybridized carbons (Fsp3) is 0.259. The number of halogens is 1. The number of nitrogens with zero attached hydrogens (tertiary/aromatic N) is 2. The number of hydrogen-bond acceptors (Lipinski definition) is 6. The Kier molecular flexibility index (Phi) is 9.30. The first-order chi connectivity index (χ1) is 18.1. The van der Waals surface area contributed by atoms with Gasteiger partial charge in [0.05, 0.1) is 24.8 Å². The second kappa shape index (κ2) is 12.4. The Morgan fingerprint density at radius 1 is 0.974 bits per heavy atom. The van der Waals surface area contributed by atoms with Crippen LogP contribution in [0.15, 0.2) is 77.7 Å². The first-order valence-corrected chi connectivity index (χ1v) is 13.1. The van der Waals surface area contributed by atoms with E-state index in [4.69, 9.17) is 9.47 Å². The third-order valence-electron chi connectivity index (χ3n) is 5.94. The zero-order valence-electron chi connectivity index (χ0n) is 21.5. The number of ether oxygens (including phenoxy) is 2. The van der Waals surface area contributed by atoms with Gasteiger partial charge in [-0.2, -0.15) is 0 Å². The maximum absolute atomic E-state index is 13.9. The van der Waals surface area contributed by atoms with Crippen molar-refractivity contribution in [2.75, 3.05) is 32.1 Å². The summed E-state index contributed by atoms with van der Waals surface area (Å²) in [6.45, 7) is 0.827. The summed E-state index contributed by atoms with van der Waals surface area (Å²) in [7, 11) is -0.0163. The van der Waals surface area contributed by atoms with Crippen LogP contribution in [0.5, 0.6) is 11.5 Å². The van der Waals surface area contributed by atoms with Crippen molar-refractivity contribution in [2.24, 2.45) is 0 Å². The van der Waals surface area contributed by atoms with E-state index in [9.17, 15) is 22.4 Å². The number of hydrogen-bond donors (Lipinski definition) is 1. The molecule has 0 fully saturated rings. The summed E-state index contributed by atoms with van der Waals surface area (Å²) in [6.07, 6.45) is 0. The van der Waals surface area contributed by atoms with Gasteiger partial charge in [-0.25, -0.2) is 12.8 Å². The van der Waals surface area contributed by atoms with Gasteiger partial charge in [0.1, 0.15) is 29.9 Å². The fourth-order valence-corrected chi connectivity index (χ4v) is 5.24. The Bertz CT molecular complexity index is 1370. The number of rotatable bonds is 11. The van der Waals surface area contributed by atoms with Gasteiger partial charge in [-0.15, -0.1) is 0 Å². The van der Waals surface area contributed by atoms with Crippen molar-refractivity contribution in [3.63, 3.8) is 0 Å². The molecule has 202 valence electrons. The summed E-state index contributed by atoms with van der Waals surface area (Å²) in [6, 6.07) is 16.8. The third kappa shape index (κ3) is 6.41. The molecule has 1 atom stereocenters. The van der Waals surface area contributed by atoms with Gasteiger partial charge in [0, 0.05) is 19.7 Å². The van der Waals surface area contributed by atoms with E-state index in [1.807, 2.05) is 0 Å². The Labute approximate surface area is 221 Å². The van der Waals surface area contributed by atoms with Gasteiger partial charge < -0.3 is 19.7 Å². The predicted octanol–water partition coefficient (Wildman–Crippen LogP) is 3.20. The lowest BCUT2D eigenvalue weighted by molar-refractivity contribution is -0.139. The van der Waals surface area contributed by atoms with E-state index in [2.05, 4.69) is 5.32 Å². The monoisotopic (exact) mass is 543 g/mol. The van der Waals surface area contributed by atoms with Crippen molar-refractivity contribution < 1.29 is 31.9 Å². The van der Waals surface area contributed by atoms with Crippen LogP contribution in [0.4, 0.5) is 10.1 Å². The highest BCUT2D eigenvalue weighted by Crippen LogP contribution is 2.35. The van der Waals surface area contributed by atoms with Crippen LogP contribution in [0.25, 0.3) is 0 Å². The summed E-state index contributed by atoms with van der Waals surface area (Å²) < 4.78 is 52.8. The van der Waals surface area contributed by atoms with Crippen LogP contribution < -0.4 is 19.1 Å². The summed E-state index contributed by atoms with van der Waals surface area (Å²) in [5.74, 6) is -1.01. The number of benzene rings is 3. The highest BCUT2D eigenvalue weighted by molar-refractivity contribution is 7.92. The highest BCUT2D eigenvalue weighted by atomic mass is 32.2. The Balaban J connectivity index is 2.10. The molecule has 0 saturated carbocycles. The Morgan fingerprint density at radius 2 is 1.63 bits per heavy atom. The number of likely N-dealkylation sites (N-methyl/N-ethyl adjacent to an activating group) is 1. The molecule has 0 aliphatic carbocycles. The molecular formula is C27H30FN3O6S. The van der Waals surface area contributed by atoms with Crippen molar-refractivity contribution in [2.45, 2.75) is 24.4 Å². The Hall–Kier alpha value is -4.12. The molecule has 0 saturated heterocycles. The van der Waals surface area contributed by atoms with Crippen LogP contribution >= 0.6 is 0 Å². The van der Waals surface area contributed by atoms with Crippen molar-refractivity contribution in [1.82, 2.24) is 10.2 Å². The standard InChI is InChI=1S/C27H30FN3O6S/c1-19(27(33)29-2)30(17-20-10-12-21(28)13-11-20)26(32)18-31(38(34,35)23-8-6-5-7-9-23)24-16-22(36-3)14-15-25(24)37-4/h5-16,19H,17-18H2,1-4H3,(H,29,33)/t19-/m0/s1. The van der Waals surface area contributed by atoms with Gasteiger partial charge in [-0.3, -0.25) is 13.9 Å². The molecule has 1 N–H and O–H groups in total. The van der Waals surface area contributed by atoms with Crippen LogP contribution in [0.3, 0.4) is 0 Å². The van der Waals surface area contributed by atoms with Crippen LogP contribution in [-0.4, -0.2) is 59.0 Å². The maximum Gasteiger partial charge on any atom is 0.264 e. The molecule has 2 amide bonds. The summed E-state index contributed by atoms with van der Waals surface area (Å²) in [5, 5.41) is 2.51. The fourth-order valence-electron chi connectivity index (χ4n) is 3.80. The lowest BCUT2D eigenvalue weighted by atomic mass is 10.1. The average molecular weight is 544 g/mol. The maximum atomic E-state index is 13.9. The second-order valence-corrected chi connectivity index (χ2v) is 10.2. The van der Waals surface area contributed by atoms with Gasteiger partial charge >= 0.3 is 0 Å². The van der Waals surface area contributed by atoms with E-state index in [1.165, 1.54) is 81.6 Å². The number of carbonyl (C=O) groups is 2. The normalized spacial score (nSPS) is 11.8. The molecule has 0 unspecified atom stereocenters. The number of nitrogens with one attached hydrogen (secondary N) is 1. The second-order valence-electron chi connectivity index (χ2n) is 8.30. The van der Waals surface area contributed by atoms with E-state index in [-0.39, 0.29) is 22.9 Å². The highest BCUT2D eigenvalue weighted by Gasteiger charge is 2.33. The molecule has 0 aliphatic heterocycles. The first kappa shape index (κ1) is 28.5. The zero-order valence-corrected chi connectivity index (χ0v) is 22.4.